The molecule has 0 amide bonds. The van der Waals surface area contributed by atoms with E-state index in [1.54, 1.807) is 17.9 Å². The van der Waals surface area contributed by atoms with E-state index in [-0.39, 0.29) is 5.82 Å². The molecule has 0 atom stereocenters. The topological polar surface area (TPSA) is 93.4 Å². The van der Waals surface area contributed by atoms with Gasteiger partial charge in [-0.3, -0.25) is 4.98 Å². The molecule has 4 heterocycles. The van der Waals surface area contributed by atoms with Gasteiger partial charge in [0.25, 0.3) is 0 Å². The summed E-state index contributed by atoms with van der Waals surface area (Å²) in [4.78, 5) is 13.7. The smallest absolute Gasteiger partial charge is 0.142 e. The Morgan fingerprint density at radius 3 is 2.73 bits per heavy atom. The van der Waals surface area contributed by atoms with Crippen LogP contribution >= 0.6 is 11.3 Å². The Hall–Kier alpha value is -3.50. The van der Waals surface area contributed by atoms with Gasteiger partial charge in [0, 0.05) is 29.8 Å². The lowest BCUT2D eigenvalue weighted by Crippen LogP contribution is -2.02. The number of rotatable bonds is 3. The summed E-state index contributed by atoms with van der Waals surface area (Å²) in [5.41, 5.74) is 12.4. The average Bonchev–Trinajstić information content (AvgIpc) is 3.30. The minimum absolute atomic E-state index is 0.218. The molecule has 0 aliphatic carbocycles. The maximum Gasteiger partial charge on any atom is 0.142 e. The number of nitrogens with two attached hydrogens (primary N) is 1. The van der Waals surface area contributed by atoms with E-state index in [4.69, 9.17) is 5.73 Å². The summed E-state index contributed by atoms with van der Waals surface area (Å²) >= 11 is 1.50. The van der Waals surface area contributed by atoms with E-state index in [1.807, 2.05) is 48.0 Å². The number of hydrogen-bond acceptors (Lipinski definition) is 6. The van der Waals surface area contributed by atoms with Crippen LogP contribution in [0.1, 0.15) is 11.3 Å². The first-order valence-corrected chi connectivity index (χ1v) is 8.76. The molecule has 126 valence electrons. The summed E-state index contributed by atoms with van der Waals surface area (Å²) in [5.74, 6) is 0.218. The van der Waals surface area contributed by atoms with Gasteiger partial charge in [0.1, 0.15) is 17.5 Å². The number of nitriles is 1. The van der Waals surface area contributed by atoms with Crippen LogP contribution in [-0.4, -0.2) is 19.5 Å². The molecule has 0 aromatic carbocycles. The summed E-state index contributed by atoms with van der Waals surface area (Å²) in [6.45, 7) is 1.93. The molecule has 0 radical (unpaired) electrons. The van der Waals surface area contributed by atoms with Gasteiger partial charge in [0.05, 0.1) is 27.5 Å². The third kappa shape index (κ3) is 2.62. The van der Waals surface area contributed by atoms with Gasteiger partial charge < -0.3 is 10.3 Å². The van der Waals surface area contributed by atoms with Crippen LogP contribution in [0.3, 0.4) is 0 Å². The lowest BCUT2D eigenvalue weighted by atomic mass is 10.0. The van der Waals surface area contributed by atoms with Crippen LogP contribution in [0, 0.1) is 18.3 Å². The largest absolute Gasteiger partial charge is 0.383 e. The van der Waals surface area contributed by atoms with E-state index in [0.717, 1.165) is 33.2 Å². The Morgan fingerprint density at radius 2 is 2.04 bits per heavy atom. The van der Waals surface area contributed by atoms with E-state index in [0.29, 0.717) is 5.56 Å². The second-order valence-corrected chi connectivity index (χ2v) is 6.52. The number of aryl methyl sites for hydroxylation is 1. The SMILES string of the molecule is Cc1ncsc1-c1cc(-c2cccn2-c2ccncc2)c(C#N)c(N)n1. The van der Waals surface area contributed by atoms with Gasteiger partial charge >= 0.3 is 0 Å². The first kappa shape index (κ1) is 16.0. The summed E-state index contributed by atoms with van der Waals surface area (Å²) in [5, 5.41) is 9.64. The number of pyridine rings is 2. The van der Waals surface area contributed by atoms with Gasteiger partial charge in [-0.05, 0) is 37.3 Å². The van der Waals surface area contributed by atoms with E-state index >= 15 is 0 Å². The van der Waals surface area contributed by atoms with Crippen LogP contribution in [-0.2, 0) is 0 Å². The highest BCUT2D eigenvalue weighted by atomic mass is 32.1. The Morgan fingerprint density at radius 1 is 1.23 bits per heavy atom. The summed E-state index contributed by atoms with van der Waals surface area (Å²) in [7, 11) is 0. The Balaban J connectivity index is 1.96. The monoisotopic (exact) mass is 358 g/mol. The molecular weight excluding hydrogens is 344 g/mol. The molecule has 0 unspecified atom stereocenters. The molecule has 2 N–H and O–H groups in total. The first-order chi connectivity index (χ1) is 12.7. The summed E-state index contributed by atoms with van der Waals surface area (Å²) < 4.78 is 2.00. The highest BCUT2D eigenvalue weighted by Gasteiger charge is 2.18. The third-order valence-corrected chi connectivity index (χ3v) is 5.05. The van der Waals surface area contributed by atoms with Gasteiger partial charge in [-0.1, -0.05) is 0 Å². The van der Waals surface area contributed by atoms with Crippen molar-refractivity contribution >= 4 is 17.2 Å². The van der Waals surface area contributed by atoms with Crippen molar-refractivity contribution in [1.82, 2.24) is 19.5 Å². The molecule has 26 heavy (non-hydrogen) atoms. The molecule has 0 spiro atoms. The molecule has 0 aliphatic rings. The third-order valence-electron chi connectivity index (χ3n) is 4.10. The van der Waals surface area contributed by atoms with Crippen LogP contribution in [0.4, 0.5) is 5.82 Å². The fraction of sp³-hybridized carbons (Fsp3) is 0.0526. The normalized spacial score (nSPS) is 10.6. The predicted octanol–water partition coefficient (Wildman–Crippen LogP) is 3.82. The second-order valence-electron chi connectivity index (χ2n) is 5.66. The van der Waals surface area contributed by atoms with Crippen molar-refractivity contribution in [3.05, 3.63) is 65.7 Å². The molecule has 7 heteroatoms. The molecule has 0 saturated heterocycles. The van der Waals surface area contributed by atoms with Crippen LogP contribution < -0.4 is 5.73 Å². The van der Waals surface area contributed by atoms with E-state index in [9.17, 15) is 5.26 Å². The number of hydrogen-bond donors (Lipinski definition) is 1. The first-order valence-electron chi connectivity index (χ1n) is 7.88. The van der Waals surface area contributed by atoms with E-state index in [1.165, 1.54) is 11.3 Å². The van der Waals surface area contributed by atoms with Gasteiger partial charge in [-0.2, -0.15) is 5.26 Å². The van der Waals surface area contributed by atoms with Crippen LogP contribution in [0.2, 0.25) is 0 Å². The molecule has 4 rings (SSSR count). The molecule has 0 aliphatic heterocycles. The molecule has 0 saturated carbocycles. The molecular formula is C19H14N6S. The van der Waals surface area contributed by atoms with Gasteiger partial charge in [0.15, 0.2) is 0 Å². The predicted molar refractivity (Wildman–Crippen MR) is 102 cm³/mol. The lowest BCUT2D eigenvalue weighted by molar-refractivity contribution is 1.07. The van der Waals surface area contributed by atoms with Crippen molar-refractivity contribution in [2.24, 2.45) is 0 Å². The van der Waals surface area contributed by atoms with E-state index in [2.05, 4.69) is 21.0 Å². The van der Waals surface area contributed by atoms with E-state index < -0.39 is 0 Å². The molecule has 4 aromatic rings. The van der Waals surface area contributed by atoms with Crippen LogP contribution in [0.5, 0.6) is 0 Å². The van der Waals surface area contributed by atoms with Crippen molar-refractivity contribution in [2.45, 2.75) is 6.92 Å². The highest BCUT2D eigenvalue weighted by Crippen LogP contribution is 2.34. The standard InChI is InChI=1S/C19H14N6S/c1-12-18(26-11-23-12)16-9-14(15(10-20)19(21)24-16)17-3-2-8-25(17)13-4-6-22-7-5-13/h2-9,11H,1H3,(H2,21,24). The Bertz CT molecular complexity index is 1120. The minimum atomic E-state index is 0.218. The average molecular weight is 358 g/mol. The number of aromatic nitrogens is 4. The van der Waals surface area contributed by atoms with Gasteiger partial charge in [-0.15, -0.1) is 11.3 Å². The summed E-state index contributed by atoms with van der Waals surface area (Å²) in [6, 6.07) is 11.8. The fourth-order valence-corrected chi connectivity index (χ4v) is 3.64. The zero-order valence-electron chi connectivity index (χ0n) is 13.9. The van der Waals surface area contributed by atoms with Crippen molar-refractivity contribution in [2.75, 3.05) is 5.73 Å². The number of thiazole rings is 1. The van der Waals surface area contributed by atoms with Crippen molar-refractivity contribution in [3.8, 4) is 33.6 Å². The van der Waals surface area contributed by atoms with Crippen molar-refractivity contribution in [3.63, 3.8) is 0 Å². The maximum absolute atomic E-state index is 9.64. The number of nitrogens with zero attached hydrogens (tertiary/aromatic N) is 5. The molecule has 0 bridgehead atoms. The zero-order valence-corrected chi connectivity index (χ0v) is 14.7. The fourth-order valence-electron chi connectivity index (χ4n) is 2.88. The Kier molecular flexibility index (Phi) is 3.95. The molecule has 4 aromatic heterocycles. The second kappa shape index (κ2) is 6.43. The van der Waals surface area contributed by atoms with Crippen LogP contribution in [0.25, 0.3) is 27.5 Å². The number of nitrogen functional groups attached to an aromatic ring is 1. The van der Waals surface area contributed by atoms with Gasteiger partial charge in [0.2, 0.25) is 0 Å². The quantitative estimate of drug-likeness (QED) is 0.601. The zero-order chi connectivity index (χ0) is 18.1. The van der Waals surface area contributed by atoms with Gasteiger partial charge in [-0.25, -0.2) is 9.97 Å². The maximum atomic E-state index is 9.64. The lowest BCUT2D eigenvalue weighted by Gasteiger charge is -2.13. The summed E-state index contributed by atoms with van der Waals surface area (Å²) in [6.07, 6.45) is 5.41. The Labute approximate surface area is 154 Å². The number of anilines is 1. The molecule has 6 nitrogen and oxygen atoms in total. The van der Waals surface area contributed by atoms with Crippen LogP contribution in [0.15, 0.2) is 54.4 Å². The minimum Gasteiger partial charge on any atom is -0.383 e. The van der Waals surface area contributed by atoms with Crippen molar-refractivity contribution < 1.29 is 0 Å². The van der Waals surface area contributed by atoms with Crippen molar-refractivity contribution in [1.29, 1.82) is 5.26 Å². The highest BCUT2D eigenvalue weighted by molar-refractivity contribution is 7.13. The molecule has 0 fully saturated rings.